The van der Waals surface area contributed by atoms with Crippen LogP contribution in [0.5, 0.6) is 0 Å². The van der Waals surface area contributed by atoms with E-state index in [0.29, 0.717) is 13.0 Å². The summed E-state index contributed by atoms with van der Waals surface area (Å²) in [4.78, 5) is 18.7. The van der Waals surface area contributed by atoms with E-state index in [4.69, 9.17) is 0 Å². The summed E-state index contributed by atoms with van der Waals surface area (Å²) in [6.45, 7) is 0.510. The fourth-order valence-electron chi connectivity index (χ4n) is 2.48. The number of hydrogen-bond acceptors (Lipinski definition) is 2. The molecule has 1 aromatic heterocycles. The van der Waals surface area contributed by atoms with Crippen molar-refractivity contribution in [3.05, 3.63) is 18.2 Å². The summed E-state index contributed by atoms with van der Waals surface area (Å²) in [7, 11) is 0. The van der Waals surface area contributed by atoms with E-state index in [9.17, 15) is 4.79 Å². The molecule has 0 bridgehead atoms. The van der Waals surface area contributed by atoms with Gasteiger partial charge >= 0.3 is 0 Å². The maximum Gasteiger partial charge on any atom is 0.220 e. The Morgan fingerprint density at radius 1 is 1.41 bits per heavy atom. The predicted molar refractivity (Wildman–Crippen MR) is 66.2 cm³/mol. The fraction of sp³-hybridized carbons (Fsp3) is 0.692. The Hall–Kier alpha value is -1.32. The van der Waals surface area contributed by atoms with Gasteiger partial charge in [-0.1, -0.05) is 32.1 Å². The molecule has 0 radical (unpaired) electrons. The maximum atomic E-state index is 11.6. The van der Waals surface area contributed by atoms with E-state index in [1.807, 2.05) is 0 Å². The average Bonchev–Trinajstić information content (AvgIpc) is 2.88. The molecule has 4 nitrogen and oxygen atoms in total. The standard InChI is InChI=1S/C13H21N3O/c17-13(16-10-12-14-8-9-15-12)7-6-11-4-2-1-3-5-11/h8-9,11H,1-7,10H2,(H,14,15)(H,16,17). The topological polar surface area (TPSA) is 57.8 Å². The van der Waals surface area contributed by atoms with Crippen molar-refractivity contribution in [1.82, 2.24) is 15.3 Å². The van der Waals surface area contributed by atoms with Crippen LogP contribution in [0.25, 0.3) is 0 Å². The Morgan fingerprint density at radius 2 is 2.24 bits per heavy atom. The normalized spacial score (nSPS) is 16.9. The van der Waals surface area contributed by atoms with Crippen LogP contribution in [0.4, 0.5) is 0 Å². The number of rotatable bonds is 5. The van der Waals surface area contributed by atoms with Crippen LogP contribution in [0.3, 0.4) is 0 Å². The summed E-state index contributed by atoms with van der Waals surface area (Å²) in [5.41, 5.74) is 0. The number of imidazole rings is 1. The predicted octanol–water partition coefficient (Wildman–Crippen LogP) is 2.39. The smallest absolute Gasteiger partial charge is 0.220 e. The Labute approximate surface area is 102 Å². The zero-order chi connectivity index (χ0) is 11.9. The van der Waals surface area contributed by atoms with Crippen LogP contribution in [0, 0.1) is 5.92 Å². The molecule has 1 aliphatic carbocycles. The van der Waals surface area contributed by atoms with Gasteiger partial charge in [-0.25, -0.2) is 4.98 Å². The minimum absolute atomic E-state index is 0.145. The van der Waals surface area contributed by atoms with Gasteiger partial charge in [0.2, 0.25) is 5.91 Å². The number of H-pyrrole nitrogens is 1. The van der Waals surface area contributed by atoms with Crippen molar-refractivity contribution >= 4 is 5.91 Å². The summed E-state index contributed by atoms with van der Waals surface area (Å²) in [6, 6.07) is 0. The number of carbonyl (C=O) groups is 1. The van der Waals surface area contributed by atoms with Gasteiger partial charge in [-0.2, -0.15) is 0 Å². The van der Waals surface area contributed by atoms with Crippen LogP contribution in [-0.2, 0) is 11.3 Å². The lowest BCUT2D eigenvalue weighted by Gasteiger charge is -2.20. The molecule has 1 aromatic rings. The molecular weight excluding hydrogens is 214 g/mol. The van der Waals surface area contributed by atoms with Crippen molar-refractivity contribution in [2.45, 2.75) is 51.5 Å². The van der Waals surface area contributed by atoms with Crippen molar-refractivity contribution in [2.75, 3.05) is 0 Å². The molecule has 0 saturated heterocycles. The minimum atomic E-state index is 0.145. The van der Waals surface area contributed by atoms with Gasteiger partial charge < -0.3 is 10.3 Å². The number of nitrogens with zero attached hydrogens (tertiary/aromatic N) is 1. The zero-order valence-electron chi connectivity index (χ0n) is 10.2. The summed E-state index contributed by atoms with van der Waals surface area (Å²) in [5.74, 6) is 1.74. The van der Waals surface area contributed by atoms with Gasteiger partial charge in [0.05, 0.1) is 6.54 Å². The van der Waals surface area contributed by atoms with Gasteiger partial charge in [-0.3, -0.25) is 4.79 Å². The molecule has 0 unspecified atom stereocenters. The van der Waals surface area contributed by atoms with E-state index in [2.05, 4.69) is 15.3 Å². The highest BCUT2D eigenvalue weighted by atomic mass is 16.1. The van der Waals surface area contributed by atoms with E-state index >= 15 is 0 Å². The van der Waals surface area contributed by atoms with Crippen LogP contribution in [0.2, 0.25) is 0 Å². The quantitative estimate of drug-likeness (QED) is 0.823. The molecule has 0 aromatic carbocycles. The first-order valence-corrected chi connectivity index (χ1v) is 6.59. The van der Waals surface area contributed by atoms with Crippen molar-refractivity contribution in [3.8, 4) is 0 Å². The first-order chi connectivity index (χ1) is 8.34. The molecule has 2 rings (SSSR count). The second-order valence-corrected chi connectivity index (χ2v) is 4.86. The molecule has 4 heteroatoms. The summed E-state index contributed by atoms with van der Waals surface area (Å²) >= 11 is 0. The number of amides is 1. The minimum Gasteiger partial charge on any atom is -0.349 e. The van der Waals surface area contributed by atoms with E-state index < -0.39 is 0 Å². The Morgan fingerprint density at radius 3 is 2.94 bits per heavy atom. The summed E-state index contributed by atoms with van der Waals surface area (Å²) in [5, 5.41) is 2.89. The molecular formula is C13H21N3O. The molecule has 17 heavy (non-hydrogen) atoms. The number of aromatic nitrogens is 2. The van der Waals surface area contributed by atoms with Crippen LogP contribution in [-0.4, -0.2) is 15.9 Å². The third-order valence-electron chi connectivity index (χ3n) is 3.51. The number of hydrogen-bond donors (Lipinski definition) is 2. The lowest BCUT2D eigenvalue weighted by atomic mass is 9.86. The number of nitrogens with one attached hydrogen (secondary N) is 2. The lowest BCUT2D eigenvalue weighted by Crippen LogP contribution is -2.24. The molecule has 2 N–H and O–H groups in total. The first kappa shape index (κ1) is 12.1. The van der Waals surface area contributed by atoms with E-state index in [0.717, 1.165) is 18.2 Å². The second-order valence-electron chi connectivity index (χ2n) is 4.86. The average molecular weight is 235 g/mol. The van der Waals surface area contributed by atoms with Gasteiger partial charge in [-0.05, 0) is 12.3 Å². The van der Waals surface area contributed by atoms with Gasteiger partial charge in [0, 0.05) is 18.8 Å². The molecule has 1 fully saturated rings. The van der Waals surface area contributed by atoms with Crippen LogP contribution in [0.1, 0.15) is 50.8 Å². The third-order valence-corrected chi connectivity index (χ3v) is 3.51. The lowest BCUT2D eigenvalue weighted by molar-refractivity contribution is -0.121. The monoisotopic (exact) mass is 235 g/mol. The van der Waals surface area contributed by atoms with Crippen LogP contribution < -0.4 is 5.32 Å². The van der Waals surface area contributed by atoms with Crippen molar-refractivity contribution in [2.24, 2.45) is 5.92 Å². The van der Waals surface area contributed by atoms with Crippen molar-refractivity contribution < 1.29 is 4.79 Å². The first-order valence-electron chi connectivity index (χ1n) is 6.59. The zero-order valence-corrected chi connectivity index (χ0v) is 10.2. The van der Waals surface area contributed by atoms with Crippen molar-refractivity contribution in [3.63, 3.8) is 0 Å². The molecule has 1 saturated carbocycles. The molecule has 0 spiro atoms. The highest BCUT2D eigenvalue weighted by molar-refractivity contribution is 5.75. The van der Waals surface area contributed by atoms with Crippen LogP contribution in [0.15, 0.2) is 12.4 Å². The molecule has 0 aliphatic heterocycles. The van der Waals surface area contributed by atoms with Crippen molar-refractivity contribution in [1.29, 1.82) is 0 Å². The van der Waals surface area contributed by atoms with Gasteiger partial charge in [0.25, 0.3) is 0 Å². The second kappa shape index (κ2) is 6.42. The third kappa shape index (κ3) is 4.21. The summed E-state index contributed by atoms with van der Waals surface area (Å²) < 4.78 is 0. The Bertz CT molecular complexity index is 328. The van der Waals surface area contributed by atoms with E-state index in [1.165, 1.54) is 32.1 Å². The molecule has 1 amide bonds. The van der Waals surface area contributed by atoms with Gasteiger partial charge in [-0.15, -0.1) is 0 Å². The van der Waals surface area contributed by atoms with Crippen LogP contribution >= 0.6 is 0 Å². The SMILES string of the molecule is O=C(CCC1CCCCC1)NCc1ncc[nH]1. The van der Waals surface area contributed by atoms with Gasteiger partial charge in [0.15, 0.2) is 0 Å². The Balaban J connectivity index is 1.60. The highest BCUT2D eigenvalue weighted by Crippen LogP contribution is 2.27. The molecule has 0 atom stereocenters. The highest BCUT2D eigenvalue weighted by Gasteiger charge is 2.14. The number of aromatic amines is 1. The Kier molecular flexibility index (Phi) is 4.59. The molecule has 94 valence electrons. The van der Waals surface area contributed by atoms with E-state index in [1.54, 1.807) is 12.4 Å². The molecule has 1 aliphatic rings. The largest absolute Gasteiger partial charge is 0.349 e. The maximum absolute atomic E-state index is 11.6. The summed E-state index contributed by atoms with van der Waals surface area (Å²) in [6.07, 6.45) is 11.9. The number of carbonyl (C=O) groups excluding carboxylic acids is 1. The molecule has 1 heterocycles. The fourth-order valence-corrected chi connectivity index (χ4v) is 2.48. The van der Waals surface area contributed by atoms with Gasteiger partial charge in [0.1, 0.15) is 5.82 Å². The van der Waals surface area contributed by atoms with E-state index in [-0.39, 0.29) is 5.91 Å².